The van der Waals surface area contributed by atoms with Gasteiger partial charge >= 0.3 is 0 Å². The van der Waals surface area contributed by atoms with Gasteiger partial charge in [-0.1, -0.05) is 12.1 Å². The van der Waals surface area contributed by atoms with E-state index in [1.807, 2.05) is 32.9 Å². The molecule has 0 saturated heterocycles. The smallest absolute Gasteiger partial charge is 0.244 e. The molecule has 1 heterocycles. The highest BCUT2D eigenvalue weighted by atomic mass is 32.2. The first-order chi connectivity index (χ1) is 14.6. The van der Waals surface area contributed by atoms with E-state index in [-0.39, 0.29) is 10.8 Å². The molecule has 0 aliphatic rings. The Labute approximate surface area is 181 Å². The van der Waals surface area contributed by atoms with Crippen LogP contribution in [0.25, 0.3) is 16.5 Å². The Balaban J connectivity index is 1.69. The van der Waals surface area contributed by atoms with E-state index in [1.165, 1.54) is 18.2 Å². The van der Waals surface area contributed by atoms with Gasteiger partial charge in [0.15, 0.2) is 0 Å². The van der Waals surface area contributed by atoms with Crippen molar-refractivity contribution in [3.63, 3.8) is 0 Å². The monoisotopic (exact) mass is 442 g/mol. The molecule has 164 valence electrons. The van der Waals surface area contributed by atoms with E-state index in [1.54, 1.807) is 19.2 Å². The Hall–Kier alpha value is -3.10. The summed E-state index contributed by atoms with van der Waals surface area (Å²) in [5, 5.41) is 8.94. The van der Waals surface area contributed by atoms with Crippen LogP contribution in [0.1, 0.15) is 29.4 Å². The summed E-state index contributed by atoms with van der Waals surface area (Å²) in [4.78, 5) is 12.5. The van der Waals surface area contributed by atoms with Crippen LogP contribution in [0, 0.1) is 13.8 Å². The van der Waals surface area contributed by atoms with Crippen LogP contribution in [0.15, 0.2) is 51.8 Å². The first kappa shape index (κ1) is 22.6. The minimum absolute atomic E-state index is 0.0628. The summed E-state index contributed by atoms with van der Waals surface area (Å²) in [6.07, 6.45) is 2.10. The zero-order chi connectivity index (χ0) is 22.8. The quantitative estimate of drug-likeness (QED) is 0.544. The first-order valence-electron chi connectivity index (χ1n) is 9.76. The molecule has 1 aromatic heterocycles. The van der Waals surface area contributed by atoms with Crippen molar-refractivity contribution in [3.8, 4) is 5.75 Å². The third-order valence-corrected chi connectivity index (χ3v) is 6.16. The van der Waals surface area contributed by atoms with Crippen molar-refractivity contribution in [1.29, 1.82) is 0 Å². The summed E-state index contributed by atoms with van der Waals surface area (Å²) in [5.74, 6) is 1.27. The van der Waals surface area contributed by atoms with E-state index in [9.17, 15) is 13.2 Å². The summed E-state index contributed by atoms with van der Waals surface area (Å²) in [6.45, 7) is 6.18. The number of methoxy groups -OCH3 is 1. The average molecular weight is 443 g/mol. The molecule has 0 fully saturated rings. The number of ether oxygens (including phenoxy) is 1. The topological polar surface area (TPSA) is 112 Å². The van der Waals surface area contributed by atoms with E-state index in [2.05, 4.69) is 5.32 Å². The van der Waals surface area contributed by atoms with Crippen LogP contribution < -0.4 is 15.2 Å². The SMILES string of the molecule is COc1cc2oc(C)c(C)c2cc1C(C)=CC(=O)NCCc1ccc(S(N)(=O)=O)cc1. The summed E-state index contributed by atoms with van der Waals surface area (Å²) in [6, 6.07) is 10.1. The van der Waals surface area contributed by atoms with Crippen molar-refractivity contribution in [1.82, 2.24) is 5.32 Å². The number of amides is 1. The van der Waals surface area contributed by atoms with Crippen LogP contribution in [0.2, 0.25) is 0 Å². The molecule has 8 heteroatoms. The van der Waals surface area contributed by atoms with Gasteiger partial charge in [-0.15, -0.1) is 0 Å². The molecule has 3 rings (SSSR count). The van der Waals surface area contributed by atoms with Crippen LogP contribution in [0.4, 0.5) is 0 Å². The van der Waals surface area contributed by atoms with E-state index in [4.69, 9.17) is 14.3 Å². The molecule has 0 radical (unpaired) electrons. The summed E-state index contributed by atoms with van der Waals surface area (Å²) in [5.41, 5.74) is 4.30. The minimum atomic E-state index is -3.71. The van der Waals surface area contributed by atoms with Gasteiger partial charge < -0.3 is 14.5 Å². The number of carbonyl (C=O) groups excluding carboxylic acids is 1. The minimum Gasteiger partial charge on any atom is -0.496 e. The maximum atomic E-state index is 12.4. The van der Waals surface area contributed by atoms with Gasteiger partial charge in [0.2, 0.25) is 15.9 Å². The zero-order valence-electron chi connectivity index (χ0n) is 18.0. The van der Waals surface area contributed by atoms with Gasteiger partial charge in [0.05, 0.1) is 12.0 Å². The summed E-state index contributed by atoms with van der Waals surface area (Å²) in [7, 11) is -2.12. The molecule has 7 nitrogen and oxygen atoms in total. The number of benzene rings is 2. The lowest BCUT2D eigenvalue weighted by Crippen LogP contribution is -2.23. The van der Waals surface area contributed by atoms with E-state index >= 15 is 0 Å². The van der Waals surface area contributed by atoms with E-state index < -0.39 is 10.0 Å². The second-order valence-electron chi connectivity index (χ2n) is 7.39. The van der Waals surface area contributed by atoms with Gasteiger partial charge in [0, 0.05) is 29.6 Å². The van der Waals surface area contributed by atoms with Crippen molar-refractivity contribution >= 4 is 32.5 Å². The number of furan rings is 1. The number of rotatable bonds is 7. The maximum Gasteiger partial charge on any atom is 0.244 e. The molecule has 0 aliphatic heterocycles. The second-order valence-corrected chi connectivity index (χ2v) is 8.95. The van der Waals surface area contributed by atoms with Crippen LogP contribution in [0.5, 0.6) is 5.75 Å². The highest BCUT2D eigenvalue weighted by molar-refractivity contribution is 7.89. The molecule has 3 aromatic rings. The molecule has 1 amide bonds. The van der Waals surface area contributed by atoms with Crippen LogP contribution in [0.3, 0.4) is 0 Å². The summed E-state index contributed by atoms with van der Waals surface area (Å²) >= 11 is 0. The number of primary sulfonamides is 1. The second kappa shape index (κ2) is 8.95. The molecule has 0 atom stereocenters. The Kier molecular flexibility index (Phi) is 6.52. The number of allylic oxidation sites excluding steroid dienone is 1. The fraction of sp³-hybridized carbons (Fsp3) is 0.261. The molecule has 2 aromatic carbocycles. The number of sulfonamides is 1. The first-order valence-corrected chi connectivity index (χ1v) is 11.3. The van der Waals surface area contributed by atoms with E-state index in [0.29, 0.717) is 18.7 Å². The molecular formula is C23H26N2O5S. The van der Waals surface area contributed by atoms with Crippen LogP contribution >= 0.6 is 0 Å². The molecular weight excluding hydrogens is 416 g/mol. The Morgan fingerprint density at radius 2 is 1.87 bits per heavy atom. The average Bonchev–Trinajstić information content (AvgIpc) is 2.99. The normalized spacial score (nSPS) is 12.2. The van der Waals surface area contributed by atoms with Gasteiger partial charge in [-0.2, -0.15) is 0 Å². The number of carbonyl (C=O) groups is 1. The van der Waals surface area contributed by atoms with Gasteiger partial charge in [0.25, 0.3) is 0 Å². The molecule has 0 spiro atoms. The van der Waals surface area contributed by atoms with E-state index in [0.717, 1.165) is 39.0 Å². The lowest BCUT2D eigenvalue weighted by Gasteiger charge is -2.10. The maximum absolute atomic E-state index is 12.4. The number of hydrogen-bond acceptors (Lipinski definition) is 5. The lowest BCUT2D eigenvalue weighted by atomic mass is 10.0. The number of aryl methyl sites for hydroxylation is 2. The summed E-state index contributed by atoms with van der Waals surface area (Å²) < 4.78 is 33.9. The number of hydrogen-bond donors (Lipinski definition) is 2. The van der Waals surface area contributed by atoms with Crippen molar-refractivity contribution < 1.29 is 22.4 Å². The third kappa shape index (κ3) is 5.15. The predicted octanol–water partition coefficient (Wildman–Crippen LogP) is 3.47. The van der Waals surface area contributed by atoms with Crippen molar-refractivity contribution in [3.05, 3.63) is 64.9 Å². The third-order valence-electron chi connectivity index (χ3n) is 5.23. The van der Waals surface area contributed by atoms with Gasteiger partial charge in [0.1, 0.15) is 17.1 Å². The lowest BCUT2D eigenvalue weighted by molar-refractivity contribution is -0.116. The van der Waals surface area contributed by atoms with Crippen LogP contribution in [-0.4, -0.2) is 28.0 Å². The van der Waals surface area contributed by atoms with Gasteiger partial charge in [-0.25, -0.2) is 13.6 Å². The Morgan fingerprint density at radius 3 is 2.48 bits per heavy atom. The standard InChI is InChI=1S/C23H26N2O5S/c1-14(19-12-20-15(2)16(3)30-22(20)13-21(19)29-4)11-23(26)25-10-9-17-5-7-18(8-6-17)31(24,27)28/h5-8,11-13H,9-10H2,1-4H3,(H,25,26)(H2,24,27,28). The highest BCUT2D eigenvalue weighted by Gasteiger charge is 2.14. The van der Waals surface area contributed by atoms with Gasteiger partial charge in [-0.05, 0) is 62.1 Å². The Morgan fingerprint density at radius 1 is 1.19 bits per heavy atom. The Bertz CT molecular complexity index is 1260. The molecule has 31 heavy (non-hydrogen) atoms. The number of fused-ring (bicyclic) bond motifs is 1. The zero-order valence-corrected chi connectivity index (χ0v) is 18.8. The molecule has 0 aliphatic carbocycles. The fourth-order valence-corrected chi connectivity index (χ4v) is 3.86. The van der Waals surface area contributed by atoms with Crippen molar-refractivity contribution in [2.24, 2.45) is 5.14 Å². The fourth-order valence-electron chi connectivity index (χ4n) is 3.35. The van der Waals surface area contributed by atoms with Crippen molar-refractivity contribution in [2.45, 2.75) is 32.1 Å². The van der Waals surface area contributed by atoms with Gasteiger partial charge in [-0.3, -0.25) is 4.79 Å². The molecule has 0 unspecified atom stereocenters. The number of nitrogens with two attached hydrogens (primary N) is 1. The van der Waals surface area contributed by atoms with Crippen LogP contribution in [-0.2, 0) is 21.2 Å². The number of nitrogens with one attached hydrogen (secondary N) is 1. The molecule has 0 bridgehead atoms. The van der Waals surface area contributed by atoms with Crippen molar-refractivity contribution in [2.75, 3.05) is 13.7 Å². The predicted molar refractivity (Wildman–Crippen MR) is 120 cm³/mol. The largest absolute Gasteiger partial charge is 0.496 e. The molecule has 3 N–H and O–H groups in total. The molecule has 0 saturated carbocycles. The highest BCUT2D eigenvalue weighted by Crippen LogP contribution is 2.34.